The van der Waals surface area contributed by atoms with Gasteiger partial charge < -0.3 is 42.6 Å². The smallest absolute Gasteiger partial charge is 0.187 e. The largest absolute Gasteiger partial charge is 0.372 e. The van der Waals surface area contributed by atoms with Crippen molar-refractivity contribution in [3.05, 3.63) is 0 Å². The second kappa shape index (κ2) is 17.6. The molecule has 4 aliphatic carbocycles. The van der Waals surface area contributed by atoms with Crippen LogP contribution in [0.4, 0.5) is 0 Å². The Labute approximate surface area is 303 Å². The Morgan fingerprint density at radius 1 is 0.560 bits per heavy atom. The molecule has 0 N–H and O–H groups in total. The van der Waals surface area contributed by atoms with Crippen LogP contribution in [-0.2, 0) is 47.4 Å². The predicted molar refractivity (Wildman–Crippen MR) is 191 cm³/mol. The van der Waals surface area contributed by atoms with Crippen LogP contribution >= 0.6 is 0 Å². The number of ketones is 1. The quantitative estimate of drug-likeness (QED) is 0.111. The van der Waals surface area contributed by atoms with Crippen LogP contribution in [0.15, 0.2) is 0 Å². The summed E-state index contributed by atoms with van der Waals surface area (Å²) in [4.78, 5) is 15.3. The van der Waals surface area contributed by atoms with E-state index in [1.165, 1.54) is 0 Å². The van der Waals surface area contributed by atoms with Crippen LogP contribution in [0.1, 0.15) is 121 Å². The zero-order valence-electron chi connectivity index (χ0n) is 33.4. The highest BCUT2D eigenvalue weighted by Crippen LogP contribution is 2.75. The van der Waals surface area contributed by atoms with E-state index in [-0.39, 0.29) is 23.5 Å². The van der Waals surface area contributed by atoms with E-state index in [1.807, 2.05) is 62.5 Å². The van der Waals surface area contributed by atoms with E-state index in [0.29, 0.717) is 71.1 Å². The Hall–Kier alpha value is -0.690. The standard InChI is InChI=1S/C40H72O10/c1-12-43-32(44-13-2)38-24-20-28-29-22-25-40(42-11,35(49-18-7)50-19-8)36(29,9)23-21-30(28)37(38,10)27-39(31(41)26-38,33(45-14-3)46-15-4)34(47-16-5)48-17-6/h28-30,32-35H,12-27H2,1-11H3/t28-,29-,30+,36-,37+,38?,40?/m0/s1. The first kappa shape index (κ1) is 42.1. The van der Waals surface area contributed by atoms with Crippen molar-refractivity contribution in [2.45, 2.75) is 151 Å². The molecule has 0 bridgehead atoms. The van der Waals surface area contributed by atoms with Crippen molar-refractivity contribution in [1.82, 2.24) is 0 Å². The third-order valence-electron chi connectivity index (χ3n) is 13.7. The van der Waals surface area contributed by atoms with E-state index in [1.54, 1.807) is 0 Å². The first-order valence-electron chi connectivity index (χ1n) is 20.0. The molecule has 2 unspecified atom stereocenters. The summed E-state index contributed by atoms with van der Waals surface area (Å²) in [6, 6.07) is 0. The third kappa shape index (κ3) is 6.67. The van der Waals surface area contributed by atoms with Gasteiger partial charge in [0.2, 0.25) is 0 Å². The van der Waals surface area contributed by atoms with Crippen LogP contribution in [0.2, 0.25) is 0 Å². The van der Waals surface area contributed by atoms with E-state index in [2.05, 4.69) is 13.8 Å². The topological polar surface area (TPSA) is 100 Å². The molecule has 4 aliphatic rings. The molecule has 4 fully saturated rings. The van der Waals surface area contributed by atoms with Gasteiger partial charge in [-0.1, -0.05) is 13.8 Å². The van der Waals surface area contributed by atoms with Gasteiger partial charge in [0.25, 0.3) is 0 Å². The summed E-state index contributed by atoms with van der Waals surface area (Å²) in [6.07, 6.45) is 3.87. The number of fused-ring (bicyclic) bond motifs is 5. The normalized spacial score (nSPS) is 35.3. The van der Waals surface area contributed by atoms with Crippen LogP contribution in [0.5, 0.6) is 0 Å². The lowest BCUT2D eigenvalue weighted by Crippen LogP contribution is -2.71. The molecule has 7 atom stereocenters. The summed E-state index contributed by atoms with van der Waals surface area (Å²) < 4.78 is 58.0. The summed E-state index contributed by atoms with van der Waals surface area (Å²) >= 11 is 0. The van der Waals surface area contributed by atoms with Crippen molar-refractivity contribution in [2.24, 2.45) is 39.4 Å². The van der Waals surface area contributed by atoms with E-state index < -0.39 is 47.0 Å². The number of carbonyl (C=O) groups excluding carboxylic acids is 1. The van der Waals surface area contributed by atoms with E-state index in [0.717, 1.165) is 38.5 Å². The Kier molecular flexibility index (Phi) is 14.8. The van der Waals surface area contributed by atoms with Gasteiger partial charge >= 0.3 is 0 Å². The number of methoxy groups -OCH3 is 1. The van der Waals surface area contributed by atoms with Crippen molar-refractivity contribution >= 4 is 5.78 Å². The number of Topliss-reactive ketones (excluding diaryl/α,β-unsaturated/α-hetero) is 1. The fourth-order valence-electron chi connectivity index (χ4n) is 11.8. The SMILES string of the molecule is CCOC(OCC)C1(C(OCC)OCC)C[C@]2(C)[C@@H]3CC[C@@]4(C)[C@@H](CCC4(OC)C(OCC)OCC)[C@@H]3CCC2(C(OCC)OCC)CC1=O. The predicted octanol–water partition coefficient (Wildman–Crippen LogP) is 7.55. The van der Waals surface area contributed by atoms with Gasteiger partial charge in [-0.2, -0.15) is 0 Å². The molecule has 4 saturated carbocycles. The Balaban J connectivity index is 1.91. The van der Waals surface area contributed by atoms with Crippen molar-refractivity contribution < 1.29 is 47.4 Å². The number of hydrogen-bond donors (Lipinski definition) is 0. The summed E-state index contributed by atoms with van der Waals surface area (Å²) in [5.74, 6) is 1.13. The second-order valence-corrected chi connectivity index (χ2v) is 15.4. The summed E-state index contributed by atoms with van der Waals surface area (Å²) in [7, 11) is 1.84. The lowest BCUT2D eigenvalue weighted by Gasteiger charge is -2.69. The van der Waals surface area contributed by atoms with Gasteiger partial charge in [-0.15, -0.1) is 0 Å². The van der Waals surface area contributed by atoms with E-state index in [4.69, 9.17) is 42.6 Å². The van der Waals surface area contributed by atoms with Gasteiger partial charge in [0, 0.05) is 77.2 Å². The van der Waals surface area contributed by atoms with E-state index in [9.17, 15) is 0 Å². The fourth-order valence-corrected chi connectivity index (χ4v) is 11.8. The maximum atomic E-state index is 15.3. The van der Waals surface area contributed by atoms with Crippen LogP contribution < -0.4 is 0 Å². The minimum atomic E-state index is -1.18. The molecule has 0 aromatic heterocycles. The zero-order valence-corrected chi connectivity index (χ0v) is 33.4. The molecule has 0 aromatic rings. The Morgan fingerprint density at radius 3 is 1.44 bits per heavy atom. The monoisotopic (exact) mass is 713 g/mol. The van der Waals surface area contributed by atoms with Gasteiger partial charge in [0.05, 0.1) is 0 Å². The Morgan fingerprint density at radius 2 is 0.980 bits per heavy atom. The molecule has 0 saturated heterocycles. The average molecular weight is 713 g/mol. The summed E-state index contributed by atoms with van der Waals surface area (Å²) in [6.45, 7) is 24.5. The molecule has 4 rings (SSSR count). The number of carbonyl (C=O) groups is 1. The van der Waals surface area contributed by atoms with Crippen LogP contribution in [0.25, 0.3) is 0 Å². The highest BCUT2D eigenvalue weighted by Gasteiger charge is 2.75. The average Bonchev–Trinajstić information content (AvgIpc) is 3.41. The minimum absolute atomic E-state index is 0.0489. The van der Waals surface area contributed by atoms with E-state index >= 15 is 4.79 Å². The summed E-state index contributed by atoms with van der Waals surface area (Å²) in [5.41, 5.74) is -2.82. The van der Waals surface area contributed by atoms with Crippen LogP contribution in [0.3, 0.4) is 0 Å². The Bertz CT molecular complexity index is 1030. The van der Waals surface area contributed by atoms with Crippen molar-refractivity contribution in [3.8, 4) is 0 Å². The highest BCUT2D eigenvalue weighted by molar-refractivity contribution is 5.88. The van der Waals surface area contributed by atoms with Gasteiger partial charge in [0.1, 0.15) is 16.8 Å². The maximum absolute atomic E-state index is 15.3. The first-order valence-corrected chi connectivity index (χ1v) is 20.0. The lowest BCUT2D eigenvalue weighted by molar-refractivity contribution is -0.336. The fraction of sp³-hybridized carbons (Fsp3) is 0.975. The molecule has 0 radical (unpaired) electrons. The number of hydrogen-bond acceptors (Lipinski definition) is 10. The van der Waals surface area contributed by atoms with Gasteiger partial charge in [-0.25, -0.2) is 0 Å². The summed E-state index contributed by atoms with van der Waals surface area (Å²) in [5, 5.41) is 0. The van der Waals surface area contributed by atoms with Crippen LogP contribution in [0, 0.1) is 39.4 Å². The maximum Gasteiger partial charge on any atom is 0.187 e. The molecule has 10 heteroatoms. The van der Waals surface area contributed by atoms with Gasteiger partial charge in [-0.3, -0.25) is 4.79 Å². The molecule has 292 valence electrons. The third-order valence-corrected chi connectivity index (χ3v) is 13.7. The molecule has 0 aromatic carbocycles. The minimum Gasteiger partial charge on any atom is -0.372 e. The lowest BCUT2D eigenvalue weighted by atomic mass is 9.37. The molecule has 50 heavy (non-hydrogen) atoms. The molecule has 0 aliphatic heterocycles. The molecule has 0 amide bonds. The molecular formula is C40H72O10. The van der Waals surface area contributed by atoms with Gasteiger partial charge in [0.15, 0.2) is 25.2 Å². The zero-order chi connectivity index (χ0) is 36.8. The van der Waals surface area contributed by atoms with Crippen LogP contribution in [-0.4, -0.2) is 96.5 Å². The molecule has 10 nitrogen and oxygen atoms in total. The van der Waals surface area contributed by atoms with Crippen molar-refractivity contribution in [1.29, 1.82) is 0 Å². The molecular weight excluding hydrogens is 640 g/mol. The van der Waals surface area contributed by atoms with Gasteiger partial charge in [-0.05, 0) is 124 Å². The highest BCUT2D eigenvalue weighted by atomic mass is 16.7. The molecule has 0 spiro atoms. The first-order chi connectivity index (χ1) is 24.0. The number of rotatable bonds is 21. The second-order valence-electron chi connectivity index (χ2n) is 15.4. The van der Waals surface area contributed by atoms with Crippen molar-refractivity contribution in [2.75, 3.05) is 60.0 Å². The van der Waals surface area contributed by atoms with Crippen molar-refractivity contribution in [3.63, 3.8) is 0 Å². The molecule has 0 heterocycles. The number of ether oxygens (including phenoxy) is 9.